The Kier molecular flexibility index (Phi) is 7.14. The minimum absolute atomic E-state index is 0.649. The lowest BCUT2D eigenvalue weighted by Gasteiger charge is -2.16. The summed E-state index contributed by atoms with van der Waals surface area (Å²) in [6.45, 7) is 0. The van der Waals surface area contributed by atoms with Gasteiger partial charge in [-0.1, -0.05) is 176 Å². The monoisotopic (exact) mass is 661 g/mol. The molecule has 9 aromatic carbocycles. The first-order valence-corrected chi connectivity index (χ1v) is 17.6. The van der Waals surface area contributed by atoms with Crippen LogP contribution in [0.1, 0.15) is 0 Å². The van der Waals surface area contributed by atoms with Crippen molar-refractivity contribution in [1.82, 2.24) is 15.0 Å². The molecule has 0 unspecified atom stereocenters. The van der Waals surface area contributed by atoms with Gasteiger partial charge in [-0.15, -0.1) is 0 Å². The highest BCUT2D eigenvalue weighted by molar-refractivity contribution is 6.13. The quantitative estimate of drug-likeness (QED) is 0.184. The third kappa shape index (κ3) is 5.10. The molecule has 0 bridgehead atoms. The summed E-state index contributed by atoms with van der Waals surface area (Å²) < 4.78 is 0. The third-order valence-electron chi connectivity index (χ3n) is 10.1. The molecular weight excluding hydrogens is 631 g/mol. The number of nitrogens with zero attached hydrogens (tertiary/aromatic N) is 3. The van der Waals surface area contributed by atoms with Gasteiger partial charge in [-0.3, -0.25) is 0 Å². The van der Waals surface area contributed by atoms with Crippen LogP contribution in [0.25, 0.3) is 99.5 Å². The van der Waals surface area contributed by atoms with Gasteiger partial charge in [-0.25, -0.2) is 15.0 Å². The Hall–Kier alpha value is -6.97. The van der Waals surface area contributed by atoms with E-state index >= 15 is 0 Å². The van der Waals surface area contributed by atoms with E-state index in [1.54, 1.807) is 0 Å². The molecule has 0 aliphatic heterocycles. The molecule has 0 fully saturated rings. The second-order valence-electron chi connectivity index (χ2n) is 13.2. The molecule has 0 aliphatic carbocycles. The van der Waals surface area contributed by atoms with Crippen LogP contribution >= 0.6 is 0 Å². The van der Waals surface area contributed by atoms with Gasteiger partial charge in [0.05, 0.1) is 0 Å². The standard InChI is InChI=1S/C49H31N3/c1-2-15-34(16-3-1)47-50-48(36-26-25-32-13-4-5-17-35(32)31-36)52-49(51-47)46-30-29-45(41-22-10-11-23-42(41)46)44-28-27-43(39-20-8-9-21-40(39)44)38-24-12-18-33-14-6-7-19-37(33)38/h1-31H. The van der Waals surface area contributed by atoms with Crippen molar-refractivity contribution in [3.8, 4) is 56.4 Å². The van der Waals surface area contributed by atoms with Crippen molar-refractivity contribution in [2.24, 2.45) is 0 Å². The number of rotatable bonds is 5. The maximum absolute atomic E-state index is 5.16. The smallest absolute Gasteiger partial charge is 0.164 e. The van der Waals surface area contributed by atoms with Crippen LogP contribution in [0, 0.1) is 0 Å². The van der Waals surface area contributed by atoms with Crippen molar-refractivity contribution < 1.29 is 0 Å². The van der Waals surface area contributed by atoms with Crippen LogP contribution in [0.3, 0.4) is 0 Å². The highest BCUT2D eigenvalue weighted by atomic mass is 15.0. The molecule has 0 radical (unpaired) electrons. The van der Waals surface area contributed by atoms with Crippen LogP contribution in [-0.2, 0) is 0 Å². The third-order valence-corrected chi connectivity index (χ3v) is 10.1. The number of hydrogen-bond donors (Lipinski definition) is 0. The lowest BCUT2D eigenvalue weighted by molar-refractivity contribution is 1.08. The fraction of sp³-hybridized carbons (Fsp3) is 0. The maximum atomic E-state index is 5.16. The van der Waals surface area contributed by atoms with Crippen molar-refractivity contribution in [3.05, 3.63) is 188 Å². The van der Waals surface area contributed by atoms with E-state index in [1.807, 2.05) is 18.2 Å². The van der Waals surface area contributed by atoms with Crippen molar-refractivity contribution in [2.45, 2.75) is 0 Å². The largest absolute Gasteiger partial charge is 0.208 e. The first-order chi connectivity index (χ1) is 25.8. The molecule has 52 heavy (non-hydrogen) atoms. The Balaban J connectivity index is 1.16. The van der Waals surface area contributed by atoms with E-state index in [4.69, 9.17) is 15.0 Å². The zero-order chi connectivity index (χ0) is 34.4. The summed E-state index contributed by atoms with van der Waals surface area (Å²) in [6, 6.07) is 66.5. The van der Waals surface area contributed by atoms with Crippen LogP contribution in [0.5, 0.6) is 0 Å². The Morgan fingerprint density at radius 3 is 1.33 bits per heavy atom. The van der Waals surface area contributed by atoms with E-state index in [0.717, 1.165) is 32.8 Å². The average molecular weight is 662 g/mol. The van der Waals surface area contributed by atoms with Crippen LogP contribution in [0.4, 0.5) is 0 Å². The number of fused-ring (bicyclic) bond motifs is 4. The van der Waals surface area contributed by atoms with Crippen LogP contribution in [0.2, 0.25) is 0 Å². The van der Waals surface area contributed by atoms with E-state index in [0.29, 0.717) is 17.5 Å². The van der Waals surface area contributed by atoms with Gasteiger partial charge in [-0.05, 0) is 77.5 Å². The molecule has 3 nitrogen and oxygen atoms in total. The second kappa shape index (κ2) is 12.4. The first kappa shape index (κ1) is 29.9. The Morgan fingerprint density at radius 2 is 0.673 bits per heavy atom. The molecule has 10 rings (SSSR count). The fourth-order valence-corrected chi connectivity index (χ4v) is 7.63. The number of hydrogen-bond acceptors (Lipinski definition) is 3. The molecule has 1 aromatic heterocycles. The van der Waals surface area contributed by atoms with E-state index in [2.05, 4.69) is 170 Å². The normalized spacial score (nSPS) is 11.5. The summed E-state index contributed by atoms with van der Waals surface area (Å²) in [7, 11) is 0. The van der Waals surface area contributed by atoms with E-state index in [-0.39, 0.29) is 0 Å². The second-order valence-corrected chi connectivity index (χ2v) is 13.2. The molecule has 10 aromatic rings. The average Bonchev–Trinajstić information content (AvgIpc) is 3.23. The minimum atomic E-state index is 0.649. The zero-order valence-electron chi connectivity index (χ0n) is 28.2. The Bertz CT molecular complexity index is 2960. The lowest BCUT2D eigenvalue weighted by Crippen LogP contribution is -2.01. The summed E-state index contributed by atoms with van der Waals surface area (Å²) in [5, 5.41) is 9.53. The van der Waals surface area contributed by atoms with Gasteiger partial charge in [0.25, 0.3) is 0 Å². The Morgan fingerprint density at radius 1 is 0.231 bits per heavy atom. The van der Waals surface area contributed by atoms with E-state index in [1.165, 1.54) is 49.2 Å². The van der Waals surface area contributed by atoms with Gasteiger partial charge < -0.3 is 0 Å². The topological polar surface area (TPSA) is 38.7 Å². The molecule has 0 amide bonds. The maximum Gasteiger partial charge on any atom is 0.164 e. The molecule has 1 heterocycles. The van der Waals surface area contributed by atoms with Crippen LogP contribution < -0.4 is 0 Å². The SMILES string of the molecule is c1ccc(-c2nc(-c3ccc4ccccc4c3)nc(-c3ccc(-c4ccc(-c5cccc6ccccc56)c5ccccc45)c4ccccc34)n2)cc1. The zero-order valence-corrected chi connectivity index (χ0v) is 28.2. The number of benzene rings is 9. The molecule has 3 heteroatoms. The molecule has 0 saturated carbocycles. The summed E-state index contributed by atoms with van der Waals surface area (Å²) in [5.74, 6) is 1.95. The van der Waals surface area contributed by atoms with Crippen molar-refractivity contribution in [1.29, 1.82) is 0 Å². The fourth-order valence-electron chi connectivity index (χ4n) is 7.63. The number of aromatic nitrogens is 3. The van der Waals surface area contributed by atoms with Gasteiger partial charge in [-0.2, -0.15) is 0 Å². The van der Waals surface area contributed by atoms with Crippen molar-refractivity contribution >= 4 is 43.1 Å². The minimum Gasteiger partial charge on any atom is -0.208 e. The predicted molar refractivity (Wildman–Crippen MR) is 217 cm³/mol. The van der Waals surface area contributed by atoms with Gasteiger partial charge in [0.15, 0.2) is 17.5 Å². The summed E-state index contributed by atoms with van der Waals surface area (Å²) in [4.78, 5) is 15.3. The summed E-state index contributed by atoms with van der Waals surface area (Å²) in [6.07, 6.45) is 0. The molecule has 0 N–H and O–H groups in total. The van der Waals surface area contributed by atoms with Gasteiger partial charge >= 0.3 is 0 Å². The molecule has 0 aliphatic rings. The lowest BCUT2D eigenvalue weighted by atomic mass is 9.88. The van der Waals surface area contributed by atoms with Gasteiger partial charge in [0, 0.05) is 16.7 Å². The van der Waals surface area contributed by atoms with Gasteiger partial charge in [0.2, 0.25) is 0 Å². The highest BCUT2D eigenvalue weighted by Crippen LogP contribution is 2.42. The van der Waals surface area contributed by atoms with Crippen molar-refractivity contribution in [3.63, 3.8) is 0 Å². The van der Waals surface area contributed by atoms with E-state index < -0.39 is 0 Å². The van der Waals surface area contributed by atoms with Gasteiger partial charge in [0.1, 0.15) is 0 Å². The molecule has 0 atom stereocenters. The molecular formula is C49H31N3. The Labute approximate surface area is 301 Å². The summed E-state index contributed by atoms with van der Waals surface area (Å²) >= 11 is 0. The first-order valence-electron chi connectivity index (χ1n) is 17.6. The highest BCUT2D eigenvalue weighted by Gasteiger charge is 2.18. The molecule has 0 saturated heterocycles. The predicted octanol–water partition coefficient (Wildman–Crippen LogP) is 12.8. The molecule has 0 spiro atoms. The summed E-state index contributed by atoms with van der Waals surface area (Å²) in [5.41, 5.74) is 7.72. The van der Waals surface area contributed by atoms with Crippen LogP contribution in [0.15, 0.2) is 188 Å². The van der Waals surface area contributed by atoms with Crippen LogP contribution in [-0.4, -0.2) is 15.0 Å². The molecule has 242 valence electrons. The van der Waals surface area contributed by atoms with E-state index in [9.17, 15) is 0 Å². The van der Waals surface area contributed by atoms with Crippen molar-refractivity contribution in [2.75, 3.05) is 0 Å².